The normalized spacial score (nSPS) is 17.4. The predicted molar refractivity (Wildman–Crippen MR) is 65.2 cm³/mol. The van der Waals surface area contributed by atoms with Gasteiger partial charge in [-0.3, -0.25) is 4.79 Å². The number of benzene rings is 1. The maximum absolute atomic E-state index is 12.2. The number of hydrogen-bond donors (Lipinski definition) is 0. The van der Waals surface area contributed by atoms with Gasteiger partial charge in [-0.15, -0.1) is 11.8 Å². The lowest BCUT2D eigenvalue weighted by Crippen LogP contribution is -2.31. The summed E-state index contributed by atoms with van der Waals surface area (Å²) in [6, 6.07) is 9.88. The predicted octanol–water partition coefficient (Wildman–Crippen LogP) is 1.91. The fourth-order valence-electron chi connectivity index (χ4n) is 1.76. The first-order valence-electron chi connectivity index (χ1n) is 5.27. The Morgan fingerprint density at radius 1 is 1.44 bits per heavy atom. The largest absolute Gasteiger partial charge is 0.359 e. The molecule has 0 radical (unpaired) electrons. The highest BCUT2D eigenvalue weighted by Crippen LogP contribution is 2.29. The summed E-state index contributed by atoms with van der Waals surface area (Å²) < 4.78 is 5.20. The Morgan fingerprint density at radius 3 is 2.75 bits per heavy atom. The molecule has 4 heteroatoms. The van der Waals surface area contributed by atoms with Crippen LogP contribution in [0.25, 0.3) is 0 Å². The molecule has 1 fully saturated rings. The van der Waals surface area contributed by atoms with E-state index in [0.29, 0.717) is 19.9 Å². The third-order valence-corrected chi connectivity index (χ3v) is 3.57. The van der Waals surface area contributed by atoms with Crippen LogP contribution >= 0.6 is 11.8 Å². The molecule has 0 aliphatic carbocycles. The average molecular weight is 237 g/mol. The van der Waals surface area contributed by atoms with E-state index in [1.54, 1.807) is 16.7 Å². The zero-order valence-electron chi connectivity index (χ0n) is 9.26. The molecule has 0 bridgehead atoms. The summed E-state index contributed by atoms with van der Waals surface area (Å²) in [4.78, 5) is 14.0. The van der Waals surface area contributed by atoms with Crippen LogP contribution < -0.4 is 0 Å². The molecule has 1 saturated heterocycles. The van der Waals surface area contributed by atoms with Crippen LogP contribution in [0, 0.1) is 0 Å². The van der Waals surface area contributed by atoms with Crippen LogP contribution in [-0.2, 0) is 9.53 Å². The fraction of sp³-hybridized carbons (Fsp3) is 0.417. The lowest BCUT2D eigenvalue weighted by Gasteiger charge is -2.20. The van der Waals surface area contributed by atoms with Gasteiger partial charge in [0.05, 0.1) is 6.61 Å². The van der Waals surface area contributed by atoms with Gasteiger partial charge in [0, 0.05) is 6.54 Å². The number of carbonyl (C=O) groups excluding carboxylic acids is 1. The minimum atomic E-state index is -0.108. The van der Waals surface area contributed by atoms with Gasteiger partial charge in [0.1, 0.15) is 12.0 Å². The van der Waals surface area contributed by atoms with E-state index in [9.17, 15) is 4.79 Å². The molecular weight excluding hydrogens is 222 g/mol. The molecule has 0 aromatic heterocycles. The molecule has 1 aromatic rings. The third-order valence-electron chi connectivity index (χ3n) is 2.63. The van der Waals surface area contributed by atoms with E-state index in [1.165, 1.54) is 0 Å². The number of carbonyl (C=O) groups is 1. The van der Waals surface area contributed by atoms with Crippen LogP contribution in [0.5, 0.6) is 0 Å². The van der Waals surface area contributed by atoms with Crippen LogP contribution in [-0.4, -0.2) is 36.9 Å². The van der Waals surface area contributed by atoms with Crippen LogP contribution in [0.4, 0.5) is 0 Å². The van der Waals surface area contributed by atoms with Gasteiger partial charge >= 0.3 is 0 Å². The summed E-state index contributed by atoms with van der Waals surface area (Å²) in [6.07, 6.45) is 1.96. The molecule has 1 unspecified atom stereocenters. The van der Waals surface area contributed by atoms with Crippen molar-refractivity contribution in [3.05, 3.63) is 35.9 Å². The Morgan fingerprint density at radius 2 is 2.19 bits per heavy atom. The van der Waals surface area contributed by atoms with Gasteiger partial charge in [-0.2, -0.15) is 0 Å². The molecular formula is C12H15NO2S. The van der Waals surface area contributed by atoms with Crippen molar-refractivity contribution in [2.75, 3.05) is 26.1 Å². The third kappa shape index (κ3) is 2.39. The fourth-order valence-corrected chi connectivity index (χ4v) is 2.54. The average Bonchev–Trinajstić information content (AvgIpc) is 2.85. The molecule has 0 N–H and O–H groups in total. The van der Waals surface area contributed by atoms with Crippen LogP contribution in [0.2, 0.25) is 0 Å². The van der Waals surface area contributed by atoms with Gasteiger partial charge in [0.25, 0.3) is 0 Å². The summed E-state index contributed by atoms with van der Waals surface area (Å²) in [7, 11) is 0. The summed E-state index contributed by atoms with van der Waals surface area (Å²) in [5.41, 5.74) is 1.06. The van der Waals surface area contributed by atoms with Crippen molar-refractivity contribution < 1.29 is 9.53 Å². The van der Waals surface area contributed by atoms with Crippen LogP contribution in [0.1, 0.15) is 10.8 Å². The second-order valence-corrected chi connectivity index (χ2v) is 4.61. The molecule has 1 aromatic carbocycles. The van der Waals surface area contributed by atoms with Crippen molar-refractivity contribution in [1.82, 2.24) is 4.90 Å². The summed E-state index contributed by atoms with van der Waals surface area (Å²) >= 11 is 1.57. The molecule has 86 valence electrons. The molecule has 1 heterocycles. The minimum absolute atomic E-state index is 0.108. The van der Waals surface area contributed by atoms with Crippen molar-refractivity contribution in [2.45, 2.75) is 5.25 Å². The second-order valence-electron chi connectivity index (χ2n) is 3.67. The number of nitrogens with zero attached hydrogens (tertiary/aromatic N) is 1. The Bertz CT molecular complexity index is 349. The van der Waals surface area contributed by atoms with E-state index in [0.717, 1.165) is 5.56 Å². The van der Waals surface area contributed by atoms with Crippen molar-refractivity contribution in [2.24, 2.45) is 0 Å². The van der Waals surface area contributed by atoms with Crippen molar-refractivity contribution in [3.8, 4) is 0 Å². The van der Waals surface area contributed by atoms with Gasteiger partial charge in [0.15, 0.2) is 0 Å². The van der Waals surface area contributed by atoms with Gasteiger partial charge in [0.2, 0.25) is 5.91 Å². The molecule has 0 saturated carbocycles. The number of rotatable bonds is 3. The number of ether oxygens (including phenoxy) is 1. The first-order valence-corrected chi connectivity index (χ1v) is 6.56. The highest BCUT2D eigenvalue weighted by atomic mass is 32.2. The molecule has 16 heavy (non-hydrogen) atoms. The van der Waals surface area contributed by atoms with Crippen molar-refractivity contribution in [1.29, 1.82) is 0 Å². The molecule has 3 nitrogen and oxygen atoms in total. The Kier molecular flexibility index (Phi) is 3.85. The Balaban J connectivity index is 2.13. The van der Waals surface area contributed by atoms with Crippen molar-refractivity contribution >= 4 is 17.7 Å². The second kappa shape index (κ2) is 5.37. The maximum Gasteiger partial charge on any atom is 0.242 e. The molecule has 2 rings (SSSR count). The smallest absolute Gasteiger partial charge is 0.242 e. The summed E-state index contributed by atoms with van der Waals surface area (Å²) in [6.45, 7) is 1.80. The molecule has 1 amide bonds. The standard InChI is InChI=1S/C12H15NO2S/c1-16-11(10-5-3-2-4-6-10)12(14)13-7-8-15-9-13/h2-6,11H,7-9H2,1H3. The van der Waals surface area contributed by atoms with E-state index in [4.69, 9.17) is 4.74 Å². The van der Waals surface area contributed by atoms with Gasteiger partial charge < -0.3 is 9.64 Å². The minimum Gasteiger partial charge on any atom is -0.359 e. The summed E-state index contributed by atoms with van der Waals surface area (Å²) in [5, 5.41) is -0.108. The first kappa shape index (κ1) is 11.5. The monoisotopic (exact) mass is 237 g/mol. The summed E-state index contributed by atoms with van der Waals surface area (Å²) in [5.74, 6) is 0.149. The molecule has 1 aliphatic heterocycles. The highest BCUT2D eigenvalue weighted by molar-refractivity contribution is 7.99. The Hall–Kier alpha value is -1.00. The Labute approximate surface area is 99.8 Å². The van der Waals surface area contributed by atoms with E-state index in [-0.39, 0.29) is 11.2 Å². The van der Waals surface area contributed by atoms with E-state index < -0.39 is 0 Å². The molecule has 0 spiro atoms. The maximum atomic E-state index is 12.2. The number of amides is 1. The van der Waals surface area contributed by atoms with Crippen LogP contribution in [0.3, 0.4) is 0 Å². The zero-order chi connectivity index (χ0) is 11.4. The van der Waals surface area contributed by atoms with Gasteiger partial charge in [-0.05, 0) is 11.8 Å². The SMILES string of the molecule is CSC(C(=O)N1CCOC1)c1ccccc1. The molecule has 1 atom stereocenters. The lowest BCUT2D eigenvalue weighted by molar-refractivity contribution is -0.131. The quantitative estimate of drug-likeness (QED) is 0.804. The van der Waals surface area contributed by atoms with E-state index in [2.05, 4.69) is 0 Å². The zero-order valence-corrected chi connectivity index (χ0v) is 10.1. The van der Waals surface area contributed by atoms with Crippen molar-refractivity contribution in [3.63, 3.8) is 0 Å². The number of thioether (sulfide) groups is 1. The lowest BCUT2D eigenvalue weighted by atomic mass is 10.1. The van der Waals surface area contributed by atoms with Gasteiger partial charge in [-0.25, -0.2) is 0 Å². The topological polar surface area (TPSA) is 29.5 Å². The highest BCUT2D eigenvalue weighted by Gasteiger charge is 2.27. The van der Waals surface area contributed by atoms with E-state index >= 15 is 0 Å². The number of hydrogen-bond acceptors (Lipinski definition) is 3. The van der Waals surface area contributed by atoms with E-state index in [1.807, 2.05) is 36.6 Å². The van der Waals surface area contributed by atoms with Gasteiger partial charge in [-0.1, -0.05) is 30.3 Å². The first-order chi connectivity index (χ1) is 7.83. The molecule has 1 aliphatic rings. The van der Waals surface area contributed by atoms with Crippen LogP contribution in [0.15, 0.2) is 30.3 Å².